The highest BCUT2D eigenvalue weighted by Crippen LogP contribution is 2.34. The minimum atomic E-state index is -3.96. The standard InChI is InChI=1S/C22H19FN4O4S/c23-16-5-3-14(4-6-16)18-13-27(22(24)25-18)32(29,30)17-7-8-19-15(12-17)9-10-26(19)21(28)20-2-1-11-31-20/h1-8,11-12,18H,9-10,13H2,(H2,24,25)/t18-/m1/s1. The molecule has 2 aromatic carbocycles. The van der Waals surface area contributed by atoms with Crippen molar-refractivity contribution in [2.45, 2.75) is 17.4 Å². The molecule has 0 aliphatic carbocycles. The van der Waals surface area contributed by atoms with Crippen LogP contribution in [0.1, 0.15) is 27.7 Å². The van der Waals surface area contributed by atoms with Crippen LogP contribution in [0.4, 0.5) is 10.1 Å². The van der Waals surface area contributed by atoms with Gasteiger partial charge >= 0.3 is 0 Å². The predicted octanol–water partition coefficient (Wildman–Crippen LogP) is 2.68. The number of amides is 1. The Bertz CT molecular complexity index is 1320. The van der Waals surface area contributed by atoms with Gasteiger partial charge in [0.15, 0.2) is 5.76 Å². The van der Waals surface area contributed by atoms with E-state index in [2.05, 4.69) is 4.99 Å². The fraction of sp³-hybridized carbons (Fsp3) is 0.182. The number of hydrogen-bond donors (Lipinski definition) is 1. The highest BCUT2D eigenvalue weighted by molar-refractivity contribution is 7.89. The second-order valence-electron chi connectivity index (χ2n) is 7.57. The SMILES string of the molecule is NC1=N[C@@H](c2ccc(F)cc2)CN1S(=O)(=O)c1ccc2c(c1)CCN2C(=O)c1ccco1. The molecule has 1 aromatic heterocycles. The van der Waals surface area contributed by atoms with Gasteiger partial charge < -0.3 is 15.1 Å². The topological polar surface area (TPSA) is 109 Å². The molecule has 5 rings (SSSR count). The molecule has 3 aromatic rings. The molecule has 2 aliphatic heterocycles. The predicted molar refractivity (Wildman–Crippen MR) is 115 cm³/mol. The maximum Gasteiger partial charge on any atom is 0.293 e. The third kappa shape index (κ3) is 3.32. The summed E-state index contributed by atoms with van der Waals surface area (Å²) < 4.78 is 46.0. The first kappa shape index (κ1) is 20.3. The third-order valence-corrected chi connectivity index (χ3v) is 7.41. The Hall–Kier alpha value is -3.66. The zero-order valence-corrected chi connectivity index (χ0v) is 17.6. The number of halogens is 1. The quantitative estimate of drug-likeness (QED) is 0.652. The van der Waals surface area contributed by atoms with E-state index in [0.29, 0.717) is 24.2 Å². The average molecular weight is 454 g/mol. The summed E-state index contributed by atoms with van der Waals surface area (Å²) in [6, 6.07) is 13.1. The van der Waals surface area contributed by atoms with Gasteiger partial charge in [-0.05, 0) is 60.0 Å². The maximum absolute atomic E-state index is 13.3. The minimum Gasteiger partial charge on any atom is -0.459 e. The summed E-state index contributed by atoms with van der Waals surface area (Å²) in [5, 5.41) is 0. The molecule has 3 heterocycles. The number of anilines is 1. The van der Waals surface area contributed by atoms with Crippen molar-refractivity contribution in [2.75, 3.05) is 18.0 Å². The van der Waals surface area contributed by atoms with E-state index in [-0.39, 0.29) is 34.9 Å². The van der Waals surface area contributed by atoms with E-state index in [1.54, 1.807) is 41.3 Å². The van der Waals surface area contributed by atoms with E-state index in [1.165, 1.54) is 24.5 Å². The second kappa shape index (κ2) is 7.49. The van der Waals surface area contributed by atoms with Gasteiger partial charge in [-0.3, -0.25) is 4.79 Å². The molecule has 1 atom stereocenters. The molecule has 164 valence electrons. The van der Waals surface area contributed by atoms with Crippen molar-refractivity contribution in [3.05, 3.63) is 83.6 Å². The smallest absolute Gasteiger partial charge is 0.293 e. The van der Waals surface area contributed by atoms with Crippen LogP contribution < -0.4 is 10.6 Å². The Balaban J connectivity index is 1.40. The summed E-state index contributed by atoms with van der Waals surface area (Å²) >= 11 is 0. The first-order valence-electron chi connectivity index (χ1n) is 9.94. The van der Waals surface area contributed by atoms with Gasteiger partial charge in [0.1, 0.15) is 5.82 Å². The summed E-state index contributed by atoms with van der Waals surface area (Å²) in [7, 11) is -3.96. The van der Waals surface area contributed by atoms with Gasteiger partial charge in [-0.15, -0.1) is 0 Å². The van der Waals surface area contributed by atoms with Crippen LogP contribution in [-0.2, 0) is 16.4 Å². The summed E-state index contributed by atoms with van der Waals surface area (Å²) in [4.78, 5) is 18.5. The Morgan fingerprint density at radius 2 is 1.94 bits per heavy atom. The van der Waals surface area contributed by atoms with Gasteiger partial charge in [0.05, 0.1) is 23.7 Å². The lowest BCUT2D eigenvalue weighted by Gasteiger charge is -2.20. The van der Waals surface area contributed by atoms with E-state index in [0.717, 1.165) is 9.87 Å². The summed E-state index contributed by atoms with van der Waals surface area (Å²) in [5.41, 5.74) is 8.02. The molecule has 0 bridgehead atoms. The molecule has 0 saturated heterocycles. The molecule has 1 amide bonds. The molecule has 0 spiro atoms. The van der Waals surface area contributed by atoms with Crippen molar-refractivity contribution in [2.24, 2.45) is 10.7 Å². The van der Waals surface area contributed by atoms with Crippen molar-refractivity contribution in [1.82, 2.24) is 4.31 Å². The van der Waals surface area contributed by atoms with Crippen LogP contribution >= 0.6 is 0 Å². The molecular weight excluding hydrogens is 435 g/mol. The van der Waals surface area contributed by atoms with Gasteiger partial charge in [-0.25, -0.2) is 22.1 Å². The van der Waals surface area contributed by atoms with Crippen molar-refractivity contribution < 1.29 is 22.0 Å². The molecule has 32 heavy (non-hydrogen) atoms. The first-order chi connectivity index (χ1) is 15.3. The summed E-state index contributed by atoms with van der Waals surface area (Å²) in [6.07, 6.45) is 1.95. The van der Waals surface area contributed by atoms with Crippen LogP contribution in [0.3, 0.4) is 0 Å². The number of nitrogens with zero attached hydrogens (tertiary/aromatic N) is 3. The van der Waals surface area contributed by atoms with E-state index < -0.39 is 16.1 Å². The van der Waals surface area contributed by atoms with Gasteiger partial charge in [0.2, 0.25) is 5.96 Å². The normalized spacial score (nSPS) is 18.0. The lowest BCUT2D eigenvalue weighted by atomic mass is 10.1. The number of nitrogens with two attached hydrogens (primary N) is 1. The molecule has 8 nitrogen and oxygen atoms in total. The van der Waals surface area contributed by atoms with E-state index in [1.807, 2.05) is 0 Å². The van der Waals surface area contributed by atoms with Crippen LogP contribution in [0.2, 0.25) is 0 Å². The summed E-state index contributed by atoms with van der Waals surface area (Å²) in [6.45, 7) is 0.457. The largest absolute Gasteiger partial charge is 0.459 e. The Kier molecular flexibility index (Phi) is 4.74. The number of sulfonamides is 1. The molecule has 2 aliphatic rings. The second-order valence-corrected chi connectivity index (χ2v) is 9.43. The Morgan fingerprint density at radius 3 is 2.66 bits per heavy atom. The number of furan rings is 1. The number of rotatable bonds is 4. The van der Waals surface area contributed by atoms with Crippen LogP contribution in [0.25, 0.3) is 0 Å². The maximum atomic E-state index is 13.3. The van der Waals surface area contributed by atoms with Crippen LogP contribution in [0.5, 0.6) is 0 Å². The molecule has 10 heteroatoms. The average Bonchev–Trinajstić information content (AvgIpc) is 3.53. The number of benzene rings is 2. The van der Waals surface area contributed by atoms with Crippen LogP contribution in [0.15, 0.2) is 75.2 Å². The van der Waals surface area contributed by atoms with E-state index >= 15 is 0 Å². The van der Waals surface area contributed by atoms with Gasteiger partial charge in [0, 0.05) is 12.2 Å². The molecule has 0 radical (unpaired) electrons. The van der Waals surface area contributed by atoms with Crippen LogP contribution in [0, 0.1) is 5.82 Å². The van der Waals surface area contributed by atoms with Gasteiger partial charge in [-0.1, -0.05) is 12.1 Å². The first-order valence-corrected chi connectivity index (χ1v) is 11.4. The zero-order valence-electron chi connectivity index (χ0n) is 16.8. The summed E-state index contributed by atoms with van der Waals surface area (Å²) in [5.74, 6) is -0.551. The molecule has 0 fully saturated rings. The van der Waals surface area contributed by atoms with E-state index in [4.69, 9.17) is 10.2 Å². The van der Waals surface area contributed by atoms with Gasteiger partial charge in [0.25, 0.3) is 15.9 Å². The fourth-order valence-electron chi connectivity index (χ4n) is 4.01. The van der Waals surface area contributed by atoms with Crippen LogP contribution in [-0.4, -0.2) is 37.7 Å². The number of aliphatic imine (C=N–C) groups is 1. The lowest BCUT2D eigenvalue weighted by molar-refractivity contribution is 0.0963. The number of fused-ring (bicyclic) bond motifs is 1. The number of carbonyl (C=O) groups excluding carboxylic acids is 1. The molecule has 2 N–H and O–H groups in total. The number of guanidine groups is 1. The Labute approximate surface area is 183 Å². The number of carbonyl (C=O) groups is 1. The van der Waals surface area contributed by atoms with Crippen molar-refractivity contribution in [3.8, 4) is 0 Å². The Morgan fingerprint density at radius 1 is 1.16 bits per heavy atom. The lowest BCUT2D eigenvalue weighted by Crippen LogP contribution is -2.39. The van der Waals surface area contributed by atoms with Crippen molar-refractivity contribution in [1.29, 1.82) is 0 Å². The molecule has 0 saturated carbocycles. The van der Waals surface area contributed by atoms with E-state index in [9.17, 15) is 17.6 Å². The third-order valence-electron chi connectivity index (χ3n) is 5.65. The van der Waals surface area contributed by atoms with Crippen molar-refractivity contribution in [3.63, 3.8) is 0 Å². The highest BCUT2D eigenvalue weighted by atomic mass is 32.2. The van der Waals surface area contributed by atoms with Gasteiger partial charge in [-0.2, -0.15) is 0 Å². The monoisotopic (exact) mass is 454 g/mol. The minimum absolute atomic E-state index is 0.0278. The fourth-order valence-corrected chi connectivity index (χ4v) is 5.43. The number of hydrogen-bond acceptors (Lipinski definition) is 6. The molecule has 0 unspecified atom stereocenters. The van der Waals surface area contributed by atoms with Crippen molar-refractivity contribution >= 4 is 27.6 Å². The molecular formula is C22H19FN4O4S. The zero-order chi connectivity index (χ0) is 22.5. The highest BCUT2D eigenvalue weighted by Gasteiger charge is 2.36.